The van der Waals surface area contributed by atoms with Crippen LogP contribution >= 0.6 is 0 Å². The fraction of sp³-hybridized carbons (Fsp3) is 0.294. The van der Waals surface area contributed by atoms with Gasteiger partial charge in [-0.15, -0.1) is 0 Å². The number of hydrogen-bond donors (Lipinski definition) is 0. The van der Waals surface area contributed by atoms with Crippen LogP contribution in [0.4, 0.5) is 0 Å². The molecule has 1 aliphatic rings. The maximum atomic E-state index is 4.03. The molecule has 1 aliphatic carbocycles. The van der Waals surface area contributed by atoms with Gasteiger partial charge in [0, 0.05) is 0 Å². The lowest BCUT2D eigenvalue weighted by Crippen LogP contribution is -1.98. The largest absolute Gasteiger partial charge is 0.0984 e. The molecule has 0 N–H and O–H groups in total. The minimum absolute atomic E-state index is 1.01. The van der Waals surface area contributed by atoms with Crippen LogP contribution in [0.2, 0.25) is 0 Å². The van der Waals surface area contributed by atoms with Gasteiger partial charge in [0.2, 0.25) is 0 Å². The van der Waals surface area contributed by atoms with E-state index in [2.05, 4.69) is 43.5 Å². The molecule has 1 aromatic carbocycles. The van der Waals surface area contributed by atoms with Gasteiger partial charge < -0.3 is 0 Å². The lowest BCUT2D eigenvalue weighted by atomic mass is 9.89. The summed E-state index contributed by atoms with van der Waals surface area (Å²) >= 11 is 0. The van der Waals surface area contributed by atoms with Gasteiger partial charge >= 0.3 is 0 Å². The summed E-state index contributed by atoms with van der Waals surface area (Å²) in [7, 11) is 0. The van der Waals surface area contributed by atoms with Gasteiger partial charge in [-0.2, -0.15) is 0 Å². The van der Waals surface area contributed by atoms with E-state index in [-0.39, 0.29) is 0 Å². The summed E-state index contributed by atoms with van der Waals surface area (Å²) in [5, 5.41) is 0. The van der Waals surface area contributed by atoms with Crippen molar-refractivity contribution in [2.45, 2.75) is 34.1 Å². The average Bonchev–Trinajstić information content (AvgIpc) is 2.43. The van der Waals surface area contributed by atoms with Crippen molar-refractivity contribution in [3.05, 3.63) is 60.2 Å². The predicted octanol–water partition coefficient (Wildman–Crippen LogP) is 5.51. The molecule has 0 saturated carbocycles. The second-order valence-corrected chi connectivity index (χ2v) is 3.22. The van der Waals surface area contributed by atoms with Crippen molar-refractivity contribution in [1.29, 1.82) is 0 Å². The van der Waals surface area contributed by atoms with Gasteiger partial charge in [-0.25, -0.2) is 0 Å². The minimum Gasteiger partial charge on any atom is -0.0984 e. The Labute approximate surface area is 106 Å². The predicted molar refractivity (Wildman–Crippen MR) is 81.1 cm³/mol. The summed E-state index contributed by atoms with van der Waals surface area (Å²) < 4.78 is 0. The Bertz CT molecular complexity index is 394. The number of allylic oxidation sites excluding steroid dienone is 3. The van der Waals surface area contributed by atoms with Crippen molar-refractivity contribution in [2.75, 3.05) is 0 Å². The monoisotopic (exact) mass is 228 g/mol. The lowest BCUT2D eigenvalue weighted by Gasteiger charge is -2.15. The fourth-order valence-electron chi connectivity index (χ4n) is 1.76. The Morgan fingerprint density at radius 3 is 2.35 bits per heavy atom. The summed E-state index contributed by atoms with van der Waals surface area (Å²) in [6, 6.07) is 6.30. The van der Waals surface area contributed by atoms with Gasteiger partial charge in [0.1, 0.15) is 0 Å². The van der Waals surface area contributed by atoms with E-state index in [1.165, 1.54) is 16.7 Å². The van der Waals surface area contributed by atoms with E-state index in [0.717, 1.165) is 12.0 Å². The molecule has 0 fully saturated rings. The van der Waals surface area contributed by atoms with E-state index in [4.69, 9.17) is 0 Å². The molecule has 2 rings (SSSR count). The van der Waals surface area contributed by atoms with E-state index < -0.39 is 0 Å². The van der Waals surface area contributed by atoms with E-state index in [1.807, 2.05) is 33.8 Å². The first kappa shape index (κ1) is 15.4. The highest BCUT2D eigenvalue weighted by Crippen LogP contribution is 2.28. The summed E-state index contributed by atoms with van der Waals surface area (Å²) in [6.07, 6.45) is 7.13. The third kappa shape index (κ3) is 3.74. The maximum Gasteiger partial charge on any atom is -0.00824 e. The van der Waals surface area contributed by atoms with Crippen LogP contribution in [0.3, 0.4) is 0 Å². The minimum atomic E-state index is 1.01. The first-order chi connectivity index (χ1) is 8.33. The first-order valence-electron chi connectivity index (χ1n) is 6.43. The molecule has 0 saturated heterocycles. The van der Waals surface area contributed by atoms with Gasteiger partial charge in [-0.05, 0) is 28.7 Å². The maximum absolute atomic E-state index is 4.03. The number of fused-ring (bicyclic) bond motifs is 1. The molecule has 17 heavy (non-hydrogen) atoms. The Morgan fingerprint density at radius 2 is 1.76 bits per heavy atom. The summed E-state index contributed by atoms with van der Waals surface area (Å²) in [5.74, 6) is 0. The second-order valence-electron chi connectivity index (χ2n) is 3.22. The normalized spacial score (nSPS) is 11.4. The molecule has 0 aromatic heterocycles. The second kappa shape index (κ2) is 8.58. The van der Waals surface area contributed by atoms with E-state index in [1.54, 1.807) is 0 Å². The van der Waals surface area contributed by atoms with Crippen LogP contribution in [-0.4, -0.2) is 0 Å². The zero-order valence-corrected chi connectivity index (χ0v) is 11.6. The zero-order valence-electron chi connectivity index (χ0n) is 11.6. The number of benzene rings is 1. The third-order valence-electron chi connectivity index (χ3n) is 2.38. The van der Waals surface area contributed by atoms with Crippen LogP contribution in [0.5, 0.6) is 0 Å². The highest BCUT2D eigenvalue weighted by atomic mass is 14.1. The molecule has 92 valence electrons. The smallest absolute Gasteiger partial charge is 0.00824 e. The molecule has 0 amide bonds. The van der Waals surface area contributed by atoms with Crippen LogP contribution in [0.1, 0.15) is 44.4 Å². The topological polar surface area (TPSA) is 0 Å². The van der Waals surface area contributed by atoms with E-state index in [9.17, 15) is 0 Å². The van der Waals surface area contributed by atoms with Gasteiger partial charge in [0.05, 0.1) is 0 Å². The molecular formula is C17H24. The van der Waals surface area contributed by atoms with Gasteiger partial charge in [0.15, 0.2) is 0 Å². The first-order valence-corrected chi connectivity index (χ1v) is 6.43. The van der Waals surface area contributed by atoms with Crippen molar-refractivity contribution in [2.24, 2.45) is 0 Å². The zero-order chi connectivity index (χ0) is 13.3. The summed E-state index contributed by atoms with van der Waals surface area (Å²) in [5.41, 5.74) is 4.90. The van der Waals surface area contributed by atoms with Gasteiger partial charge in [-0.3, -0.25) is 0 Å². The lowest BCUT2D eigenvalue weighted by molar-refractivity contribution is 1.23. The molecule has 0 radical (unpaired) electrons. The standard InChI is InChI=1S/C13H12.2C2H6/c1-3-11-7-5-9-12-8-4-6-10(2)13(11)12;2*1-2/h3-7,9H,1-2,8H2;2*1-2H3. The number of rotatable bonds is 1. The highest BCUT2D eigenvalue weighted by Gasteiger charge is 2.09. The van der Waals surface area contributed by atoms with Crippen molar-refractivity contribution >= 4 is 11.6 Å². The fourth-order valence-corrected chi connectivity index (χ4v) is 1.76. The van der Waals surface area contributed by atoms with Crippen molar-refractivity contribution < 1.29 is 0 Å². The molecule has 0 unspecified atom stereocenters. The van der Waals surface area contributed by atoms with Crippen molar-refractivity contribution in [1.82, 2.24) is 0 Å². The Morgan fingerprint density at radius 1 is 1.12 bits per heavy atom. The number of hydrogen-bond acceptors (Lipinski definition) is 0. The highest BCUT2D eigenvalue weighted by molar-refractivity contribution is 5.82. The molecule has 0 heteroatoms. The molecule has 0 spiro atoms. The average molecular weight is 228 g/mol. The molecule has 0 heterocycles. The van der Waals surface area contributed by atoms with Crippen LogP contribution in [0.25, 0.3) is 11.6 Å². The van der Waals surface area contributed by atoms with Crippen molar-refractivity contribution in [3.8, 4) is 0 Å². The van der Waals surface area contributed by atoms with E-state index in [0.29, 0.717) is 0 Å². The Balaban J connectivity index is 0.000000581. The molecule has 0 atom stereocenters. The molecule has 0 bridgehead atoms. The van der Waals surface area contributed by atoms with E-state index >= 15 is 0 Å². The SMILES string of the molecule is C=Cc1cccc2c1C(=C)C=CC2.CC.CC. The molecule has 1 aromatic rings. The van der Waals surface area contributed by atoms with Gasteiger partial charge in [-0.1, -0.05) is 77.3 Å². The van der Waals surface area contributed by atoms with Gasteiger partial charge in [0.25, 0.3) is 0 Å². The van der Waals surface area contributed by atoms with Crippen LogP contribution in [0.15, 0.2) is 43.5 Å². The third-order valence-corrected chi connectivity index (χ3v) is 2.38. The van der Waals surface area contributed by atoms with Crippen LogP contribution < -0.4 is 0 Å². The van der Waals surface area contributed by atoms with Crippen molar-refractivity contribution in [3.63, 3.8) is 0 Å². The van der Waals surface area contributed by atoms with Crippen LogP contribution in [0, 0.1) is 0 Å². The summed E-state index contributed by atoms with van der Waals surface area (Å²) in [6.45, 7) is 15.8. The quantitative estimate of drug-likeness (QED) is 0.594. The molecule has 0 nitrogen and oxygen atoms in total. The molecule has 0 aliphatic heterocycles. The van der Waals surface area contributed by atoms with Crippen LogP contribution in [-0.2, 0) is 6.42 Å². The molecular weight excluding hydrogens is 204 g/mol. The summed E-state index contributed by atoms with van der Waals surface area (Å²) in [4.78, 5) is 0. The Hall–Kier alpha value is -1.56. The Kier molecular flexibility index (Phi) is 7.79.